The molecule has 0 heterocycles. The van der Waals surface area contributed by atoms with E-state index in [0.29, 0.717) is 30.3 Å². The van der Waals surface area contributed by atoms with Gasteiger partial charge in [-0.1, -0.05) is 17.7 Å². The first-order valence-electron chi connectivity index (χ1n) is 5.99. The van der Waals surface area contributed by atoms with Crippen molar-refractivity contribution in [3.05, 3.63) is 28.8 Å². The molecule has 0 fully saturated rings. The molecule has 0 unspecified atom stereocenters. The Morgan fingerprint density at radius 3 is 2.83 bits per heavy atom. The minimum absolute atomic E-state index is 0.0270. The second kappa shape index (κ2) is 7.24. The number of hydrogen-bond donors (Lipinski definition) is 2. The maximum atomic E-state index is 11.2. The summed E-state index contributed by atoms with van der Waals surface area (Å²) in [5.74, 6) is 0.547. The molecule has 0 bridgehead atoms. The Morgan fingerprint density at radius 2 is 2.28 bits per heavy atom. The largest absolute Gasteiger partial charge is 0.491 e. The van der Waals surface area contributed by atoms with E-state index in [0.717, 1.165) is 5.56 Å². The van der Waals surface area contributed by atoms with Gasteiger partial charge in [-0.2, -0.15) is 0 Å². The lowest BCUT2D eigenvalue weighted by atomic mass is 10.1. The van der Waals surface area contributed by atoms with Gasteiger partial charge in [0.1, 0.15) is 5.75 Å². The number of halogens is 1. The Balaban J connectivity index is 2.50. The highest BCUT2D eigenvalue weighted by molar-refractivity contribution is 6.32. The lowest BCUT2D eigenvalue weighted by Gasteiger charge is -2.11. The van der Waals surface area contributed by atoms with Crippen LogP contribution in [0.4, 0.5) is 0 Å². The Bertz CT molecular complexity index is 408. The van der Waals surface area contributed by atoms with Gasteiger partial charge in [-0.05, 0) is 31.5 Å². The maximum absolute atomic E-state index is 11.2. The lowest BCUT2D eigenvalue weighted by Crippen LogP contribution is -2.24. The summed E-state index contributed by atoms with van der Waals surface area (Å²) in [6, 6.07) is 5.37. The van der Waals surface area contributed by atoms with Crippen molar-refractivity contribution in [2.24, 2.45) is 5.73 Å². The van der Waals surface area contributed by atoms with E-state index in [-0.39, 0.29) is 11.9 Å². The van der Waals surface area contributed by atoms with Gasteiger partial charge in [0.25, 0.3) is 0 Å². The highest BCUT2D eigenvalue weighted by atomic mass is 35.5. The molecule has 100 valence electrons. The first-order valence-corrected chi connectivity index (χ1v) is 6.37. The molecule has 0 saturated heterocycles. The van der Waals surface area contributed by atoms with Crippen LogP contribution in [0, 0.1) is 0 Å². The zero-order valence-corrected chi connectivity index (χ0v) is 11.5. The molecule has 0 aliphatic heterocycles. The van der Waals surface area contributed by atoms with Crippen LogP contribution in [0.1, 0.15) is 31.9 Å². The van der Waals surface area contributed by atoms with E-state index in [1.165, 1.54) is 0 Å². The fourth-order valence-corrected chi connectivity index (χ4v) is 1.70. The van der Waals surface area contributed by atoms with Crippen molar-refractivity contribution in [2.45, 2.75) is 26.3 Å². The predicted molar refractivity (Wildman–Crippen MR) is 72.9 cm³/mol. The Labute approximate surface area is 112 Å². The first-order chi connectivity index (χ1) is 8.54. The van der Waals surface area contributed by atoms with E-state index in [4.69, 9.17) is 22.1 Å². The molecule has 0 spiro atoms. The van der Waals surface area contributed by atoms with Crippen LogP contribution in [0.15, 0.2) is 18.2 Å². The van der Waals surface area contributed by atoms with Crippen molar-refractivity contribution < 1.29 is 9.53 Å². The van der Waals surface area contributed by atoms with E-state index < -0.39 is 0 Å². The number of ether oxygens (including phenoxy) is 1. The molecule has 0 aromatic heterocycles. The van der Waals surface area contributed by atoms with E-state index in [1.54, 1.807) is 12.1 Å². The number of carbonyl (C=O) groups is 1. The summed E-state index contributed by atoms with van der Waals surface area (Å²) in [5.41, 5.74) is 6.71. The van der Waals surface area contributed by atoms with Gasteiger partial charge in [-0.3, -0.25) is 4.79 Å². The van der Waals surface area contributed by atoms with Crippen LogP contribution in [0.5, 0.6) is 5.75 Å². The Morgan fingerprint density at radius 1 is 1.56 bits per heavy atom. The number of benzene rings is 1. The molecule has 18 heavy (non-hydrogen) atoms. The second-order valence-electron chi connectivity index (χ2n) is 4.03. The molecule has 5 heteroatoms. The minimum atomic E-state index is -0.0631. The third-order valence-corrected chi connectivity index (χ3v) is 2.74. The quantitative estimate of drug-likeness (QED) is 0.833. The number of rotatable bonds is 6. The number of carbonyl (C=O) groups excluding carboxylic acids is 1. The van der Waals surface area contributed by atoms with Gasteiger partial charge in [0, 0.05) is 12.6 Å². The van der Waals surface area contributed by atoms with Crippen LogP contribution in [0.2, 0.25) is 5.02 Å². The predicted octanol–water partition coefficient (Wildman–Crippen LogP) is 2.26. The van der Waals surface area contributed by atoms with Crippen molar-refractivity contribution >= 4 is 17.5 Å². The zero-order chi connectivity index (χ0) is 13.5. The third kappa shape index (κ3) is 4.55. The van der Waals surface area contributed by atoms with Gasteiger partial charge in [0.05, 0.1) is 18.1 Å². The second-order valence-corrected chi connectivity index (χ2v) is 4.44. The van der Waals surface area contributed by atoms with Crippen LogP contribution in [-0.2, 0) is 4.79 Å². The van der Waals surface area contributed by atoms with Gasteiger partial charge in [-0.25, -0.2) is 0 Å². The van der Waals surface area contributed by atoms with Crippen LogP contribution >= 0.6 is 11.6 Å². The van der Waals surface area contributed by atoms with Crippen molar-refractivity contribution in [3.63, 3.8) is 0 Å². The lowest BCUT2D eigenvalue weighted by molar-refractivity contribution is -0.121. The van der Waals surface area contributed by atoms with Gasteiger partial charge in [-0.15, -0.1) is 0 Å². The molecule has 1 rings (SSSR count). The molecule has 1 aromatic carbocycles. The monoisotopic (exact) mass is 270 g/mol. The normalized spacial score (nSPS) is 12.0. The van der Waals surface area contributed by atoms with Crippen LogP contribution in [0.25, 0.3) is 0 Å². The number of hydrogen-bond acceptors (Lipinski definition) is 3. The average molecular weight is 271 g/mol. The molecule has 0 aliphatic carbocycles. The fraction of sp³-hybridized carbons (Fsp3) is 0.462. The highest BCUT2D eigenvalue weighted by Crippen LogP contribution is 2.27. The zero-order valence-electron chi connectivity index (χ0n) is 10.7. The van der Waals surface area contributed by atoms with Crippen LogP contribution in [0.3, 0.4) is 0 Å². The number of nitrogens with two attached hydrogens (primary N) is 1. The molecule has 4 nitrogen and oxygen atoms in total. The molecule has 0 saturated carbocycles. The molecule has 1 aromatic rings. The highest BCUT2D eigenvalue weighted by Gasteiger charge is 2.06. The number of nitrogens with one attached hydrogen (secondary N) is 1. The maximum Gasteiger partial charge on any atom is 0.223 e. The summed E-state index contributed by atoms with van der Waals surface area (Å²) < 4.78 is 5.45. The van der Waals surface area contributed by atoms with E-state index >= 15 is 0 Å². The SMILES string of the molecule is CCNC(=O)CCOc1ccc([C@@H](C)N)cc1Cl. The van der Waals surface area contributed by atoms with Crippen molar-refractivity contribution in [1.82, 2.24) is 5.32 Å². The average Bonchev–Trinajstić information content (AvgIpc) is 2.31. The summed E-state index contributed by atoms with van der Waals surface area (Å²) in [4.78, 5) is 11.2. The molecular weight excluding hydrogens is 252 g/mol. The van der Waals surface area contributed by atoms with Gasteiger partial charge < -0.3 is 15.8 Å². The Kier molecular flexibility index (Phi) is 5.95. The Hall–Kier alpha value is -1.26. The van der Waals surface area contributed by atoms with Gasteiger partial charge >= 0.3 is 0 Å². The first kappa shape index (κ1) is 14.8. The molecule has 1 atom stereocenters. The van der Waals surface area contributed by atoms with Gasteiger partial charge in [0.15, 0.2) is 0 Å². The summed E-state index contributed by atoms with van der Waals surface area (Å²) in [6.45, 7) is 4.70. The summed E-state index contributed by atoms with van der Waals surface area (Å²) in [7, 11) is 0. The van der Waals surface area contributed by atoms with Crippen molar-refractivity contribution in [3.8, 4) is 5.75 Å². The van der Waals surface area contributed by atoms with E-state index in [1.807, 2.05) is 19.9 Å². The summed E-state index contributed by atoms with van der Waals surface area (Å²) in [5, 5.41) is 3.22. The standard InChI is InChI=1S/C13H19ClN2O2/c1-3-16-13(17)6-7-18-12-5-4-10(9(2)15)8-11(12)14/h4-5,8-9H,3,6-7,15H2,1-2H3,(H,16,17)/t9-/m1/s1. The topological polar surface area (TPSA) is 64.3 Å². The van der Waals surface area contributed by atoms with Crippen molar-refractivity contribution in [1.29, 1.82) is 0 Å². The van der Waals surface area contributed by atoms with Crippen LogP contribution in [-0.4, -0.2) is 19.1 Å². The molecular formula is C13H19ClN2O2. The molecule has 3 N–H and O–H groups in total. The van der Waals surface area contributed by atoms with Crippen molar-refractivity contribution in [2.75, 3.05) is 13.2 Å². The third-order valence-electron chi connectivity index (χ3n) is 2.44. The summed E-state index contributed by atoms with van der Waals surface area (Å²) in [6.07, 6.45) is 0.319. The minimum Gasteiger partial charge on any atom is -0.491 e. The smallest absolute Gasteiger partial charge is 0.223 e. The molecule has 0 radical (unpaired) electrons. The van der Waals surface area contributed by atoms with Crippen LogP contribution < -0.4 is 15.8 Å². The van der Waals surface area contributed by atoms with E-state index in [9.17, 15) is 4.79 Å². The summed E-state index contributed by atoms with van der Waals surface area (Å²) >= 11 is 6.07. The van der Waals surface area contributed by atoms with E-state index in [2.05, 4.69) is 5.32 Å². The fourth-order valence-electron chi connectivity index (χ4n) is 1.46. The van der Waals surface area contributed by atoms with Gasteiger partial charge in [0.2, 0.25) is 5.91 Å². The molecule has 1 amide bonds. The molecule has 0 aliphatic rings. The number of amides is 1.